The van der Waals surface area contributed by atoms with Gasteiger partial charge in [0.15, 0.2) is 11.5 Å². The van der Waals surface area contributed by atoms with Gasteiger partial charge in [-0.25, -0.2) is 4.79 Å². The Bertz CT molecular complexity index is 1100. The quantitative estimate of drug-likeness (QED) is 0.458. The van der Waals surface area contributed by atoms with Gasteiger partial charge in [-0.1, -0.05) is 30.3 Å². The van der Waals surface area contributed by atoms with Crippen LogP contribution in [0, 0.1) is 20.8 Å². The van der Waals surface area contributed by atoms with Crippen LogP contribution in [0.2, 0.25) is 0 Å². The molecule has 0 unspecified atom stereocenters. The molecule has 0 spiro atoms. The van der Waals surface area contributed by atoms with Crippen LogP contribution >= 0.6 is 0 Å². The van der Waals surface area contributed by atoms with E-state index in [1.54, 1.807) is 14.2 Å². The second kappa shape index (κ2) is 10.4. The lowest BCUT2D eigenvalue weighted by Crippen LogP contribution is -2.18. The molecule has 0 aliphatic heterocycles. The Morgan fingerprint density at radius 2 is 1.72 bits per heavy atom. The topological polar surface area (TPSA) is 72.7 Å². The number of hydrogen-bond acceptors (Lipinski definition) is 4. The van der Waals surface area contributed by atoms with Gasteiger partial charge >= 0.3 is 5.97 Å². The van der Waals surface area contributed by atoms with E-state index in [9.17, 15) is 9.90 Å². The summed E-state index contributed by atoms with van der Waals surface area (Å²) in [5, 5.41) is 13.3. The number of aryl methyl sites for hydroxylation is 1. The largest absolute Gasteiger partial charge is 0.493 e. The lowest BCUT2D eigenvalue weighted by molar-refractivity contribution is 0.0694. The second-order valence-electron chi connectivity index (χ2n) is 7.96. The minimum absolute atomic E-state index is 0.398. The molecule has 0 fully saturated rings. The summed E-state index contributed by atoms with van der Waals surface area (Å²) in [6.45, 7) is 7.86. The van der Waals surface area contributed by atoms with Gasteiger partial charge in [0, 0.05) is 30.0 Å². The first kappa shape index (κ1) is 23.4. The fourth-order valence-corrected chi connectivity index (χ4v) is 4.13. The van der Waals surface area contributed by atoms with Gasteiger partial charge in [0.2, 0.25) is 0 Å². The predicted octanol–water partition coefficient (Wildman–Crippen LogP) is 4.51. The molecule has 32 heavy (non-hydrogen) atoms. The van der Waals surface area contributed by atoms with E-state index in [0.717, 1.165) is 35.5 Å². The van der Waals surface area contributed by atoms with Gasteiger partial charge in [-0.15, -0.1) is 0 Å². The molecule has 3 aromatic rings. The van der Waals surface area contributed by atoms with Crippen LogP contribution in [0.4, 0.5) is 0 Å². The molecule has 3 rings (SSSR count). The van der Waals surface area contributed by atoms with Gasteiger partial charge < -0.3 is 24.5 Å². The fraction of sp³-hybridized carbons (Fsp3) is 0.346. The lowest BCUT2D eigenvalue weighted by Gasteiger charge is -2.12. The van der Waals surface area contributed by atoms with Gasteiger partial charge in [0.1, 0.15) is 0 Å². The normalized spacial score (nSPS) is 10.9. The molecule has 6 nitrogen and oxygen atoms in total. The molecule has 0 amide bonds. The van der Waals surface area contributed by atoms with Crippen molar-refractivity contribution in [1.82, 2.24) is 9.88 Å². The van der Waals surface area contributed by atoms with Gasteiger partial charge in [0.25, 0.3) is 0 Å². The van der Waals surface area contributed by atoms with Crippen molar-refractivity contribution in [2.45, 2.75) is 40.3 Å². The first-order valence-corrected chi connectivity index (χ1v) is 10.7. The number of ether oxygens (including phenoxy) is 2. The van der Waals surface area contributed by atoms with Crippen molar-refractivity contribution in [1.29, 1.82) is 0 Å². The third kappa shape index (κ3) is 4.97. The Morgan fingerprint density at radius 3 is 2.38 bits per heavy atom. The monoisotopic (exact) mass is 436 g/mol. The highest BCUT2D eigenvalue weighted by atomic mass is 16.5. The van der Waals surface area contributed by atoms with Crippen LogP contribution in [0.25, 0.3) is 0 Å². The minimum Gasteiger partial charge on any atom is -0.493 e. The number of aromatic nitrogens is 1. The summed E-state index contributed by atoms with van der Waals surface area (Å²) < 4.78 is 12.8. The number of methoxy groups -OCH3 is 2. The zero-order valence-corrected chi connectivity index (χ0v) is 19.5. The Balaban J connectivity index is 1.73. The Morgan fingerprint density at radius 1 is 1.00 bits per heavy atom. The maximum absolute atomic E-state index is 12.0. The standard InChI is InChI=1S/C26H32N2O4/c1-17-8-6-7-9-21(17)16-28-18(2)22(25(19(28)3)26(29)30)15-27-13-12-20-10-11-23(31-4)24(14-20)32-5/h6-11,14,27H,12-13,15-16H2,1-5H3,(H,29,30). The highest BCUT2D eigenvalue weighted by Gasteiger charge is 2.22. The Hall–Kier alpha value is -3.25. The molecule has 6 heteroatoms. The van der Waals surface area contributed by atoms with Crippen molar-refractivity contribution < 1.29 is 19.4 Å². The van der Waals surface area contributed by atoms with E-state index in [0.29, 0.717) is 30.2 Å². The van der Waals surface area contributed by atoms with E-state index >= 15 is 0 Å². The van der Waals surface area contributed by atoms with E-state index in [1.165, 1.54) is 11.1 Å². The first-order chi connectivity index (χ1) is 15.4. The molecule has 2 N–H and O–H groups in total. The number of carboxylic acid groups (broad SMARTS) is 1. The van der Waals surface area contributed by atoms with Crippen LogP contribution in [-0.4, -0.2) is 36.4 Å². The molecule has 0 saturated heterocycles. The SMILES string of the molecule is COc1ccc(CCNCc2c(C(=O)O)c(C)n(Cc3ccccc3C)c2C)cc1OC. The van der Waals surface area contributed by atoms with Crippen LogP contribution in [-0.2, 0) is 19.5 Å². The third-order valence-corrected chi connectivity index (χ3v) is 6.05. The molecule has 0 atom stereocenters. The van der Waals surface area contributed by atoms with E-state index in [2.05, 4.69) is 28.9 Å². The number of carboxylic acids is 1. The van der Waals surface area contributed by atoms with Crippen LogP contribution in [0.5, 0.6) is 11.5 Å². The van der Waals surface area contributed by atoms with Crippen molar-refractivity contribution >= 4 is 5.97 Å². The van der Waals surface area contributed by atoms with Crippen molar-refractivity contribution in [2.24, 2.45) is 0 Å². The van der Waals surface area contributed by atoms with Gasteiger partial charge in [-0.3, -0.25) is 0 Å². The molecule has 2 aromatic carbocycles. The predicted molar refractivity (Wildman–Crippen MR) is 126 cm³/mol. The van der Waals surface area contributed by atoms with Crippen LogP contribution in [0.3, 0.4) is 0 Å². The van der Waals surface area contributed by atoms with Crippen molar-refractivity contribution in [2.75, 3.05) is 20.8 Å². The van der Waals surface area contributed by atoms with E-state index in [-0.39, 0.29) is 0 Å². The lowest BCUT2D eigenvalue weighted by atomic mass is 10.1. The van der Waals surface area contributed by atoms with E-state index in [4.69, 9.17) is 9.47 Å². The smallest absolute Gasteiger partial charge is 0.337 e. The number of benzene rings is 2. The fourth-order valence-electron chi connectivity index (χ4n) is 4.13. The number of rotatable bonds is 10. The molecule has 0 saturated carbocycles. The number of nitrogens with one attached hydrogen (secondary N) is 1. The average molecular weight is 437 g/mol. The van der Waals surface area contributed by atoms with Crippen molar-refractivity contribution in [3.8, 4) is 11.5 Å². The Kier molecular flexibility index (Phi) is 7.59. The van der Waals surface area contributed by atoms with Gasteiger partial charge in [0.05, 0.1) is 19.8 Å². The third-order valence-electron chi connectivity index (χ3n) is 6.05. The summed E-state index contributed by atoms with van der Waals surface area (Å²) in [6.07, 6.45) is 0.796. The summed E-state index contributed by atoms with van der Waals surface area (Å²) in [6, 6.07) is 14.1. The molecule has 0 aliphatic rings. The molecule has 170 valence electrons. The van der Waals surface area contributed by atoms with Crippen molar-refractivity contribution in [3.05, 3.63) is 81.7 Å². The minimum atomic E-state index is -0.883. The highest BCUT2D eigenvalue weighted by Crippen LogP contribution is 2.28. The Labute approximate surface area is 189 Å². The highest BCUT2D eigenvalue weighted by molar-refractivity contribution is 5.91. The summed E-state index contributed by atoms with van der Waals surface area (Å²) in [5.41, 5.74) is 6.53. The second-order valence-corrected chi connectivity index (χ2v) is 7.96. The molecule has 1 aromatic heterocycles. The molecular formula is C26H32N2O4. The number of carbonyl (C=O) groups is 1. The van der Waals surface area contributed by atoms with Gasteiger partial charge in [-0.05, 0) is 62.6 Å². The molecule has 0 bridgehead atoms. The van der Waals surface area contributed by atoms with Crippen LogP contribution in [0.15, 0.2) is 42.5 Å². The molecule has 0 aliphatic carbocycles. The summed E-state index contributed by atoms with van der Waals surface area (Å²) >= 11 is 0. The summed E-state index contributed by atoms with van der Waals surface area (Å²) in [7, 11) is 3.24. The number of hydrogen-bond donors (Lipinski definition) is 2. The zero-order chi connectivity index (χ0) is 23.3. The van der Waals surface area contributed by atoms with Crippen molar-refractivity contribution in [3.63, 3.8) is 0 Å². The van der Waals surface area contributed by atoms with Gasteiger partial charge in [-0.2, -0.15) is 0 Å². The van der Waals surface area contributed by atoms with Crippen LogP contribution in [0.1, 0.15) is 44.0 Å². The number of aromatic carboxylic acids is 1. The summed E-state index contributed by atoms with van der Waals surface area (Å²) in [5.74, 6) is 0.528. The van der Waals surface area contributed by atoms with Crippen LogP contribution < -0.4 is 14.8 Å². The first-order valence-electron chi connectivity index (χ1n) is 10.7. The molecule has 0 radical (unpaired) electrons. The van der Waals surface area contributed by atoms with E-state index in [1.807, 2.05) is 44.2 Å². The number of nitrogens with zero attached hydrogens (tertiary/aromatic N) is 1. The summed E-state index contributed by atoms with van der Waals surface area (Å²) in [4.78, 5) is 12.0. The average Bonchev–Trinajstić information content (AvgIpc) is 3.02. The molecular weight excluding hydrogens is 404 g/mol. The molecule has 1 heterocycles. The van der Waals surface area contributed by atoms with E-state index < -0.39 is 5.97 Å². The maximum Gasteiger partial charge on any atom is 0.337 e. The zero-order valence-electron chi connectivity index (χ0n) is 19.5. The maximum atomic E-state index is 12.0.